The zero-order chi connectivity index (χ0) is 32.0. The maximum atomic E-state index is 13.7. The predicted molar refractivity (Wildman–Crippen MR) is 180 cm³/mol. The number of benzene rings is 2. The van der Waals surface area contributed by atoms with Crippen LogP contribution < -0.4 is 31.2 Å². The standard InChI is InChI=1S/C38H58NO5.BrH/c1-7-8-9-10-11-12-13-14-15-16-17-18-19-20-21-22-23-39(2,3)28-29-24-31-35(33(25-29)43-5)38(41)36-32(37(31)40)26-30(42-4)27-34(36)44-6;/h24-27H,7-23,28H2,1-6H3;1H/q+1;/p-1. The van der Waals surface area contributed by atoms with E-state index in [0.29, 0.717) is 33.9 Å². The van der Waals surface area contributed by atoms with Crippen LogP contribution in [0.25, 0.3) is 0 Å². The molecule has 2 aromatic rings. The van der Waals surface area contributed by atoms with Gasteiger partial charge in [0.05, 0.1) is 53.1 Å². The monoisotopic (exact) mass is 687 g/mol. The minimum Gasteiger partial charge on any atom is -1.00 e. The summed E-state index contributed by atoms with van der Waals surface area (Å²) in [6, 6.07) is 7.05. The summed E-state index contributed by atoms with van der Waals surface area (Å²) < 4.78 is 17.3. The van der Waals surface area contributed by atoms with Gasteiger partial charge in [0.15, 0.2) is 5.78 Å². The van der Waals surface area contributed by atoms with Crippen LogP contribution in [0.1, 0.15) is 147 Å². The molecule has 0 aromatic heterocycles. The van der Waals surface area contributed by atoms with Gasteiger partial charge in [-0.05, 0) is 31.0 Å². The molecule has 3 rings (SSSR count). The zero-order valence-corrected chi connectivity index (χ0v) is 30.5. The van der Waals surface area contributed by atoms with E-state index in [1.165, 1.54) is 117 Å². The van der Waals surface area contributed by atoms with Gasteiger partial charge in [-0.2, -0.15) is 0 Å². The molecule has 1 aliphatic carbocycles. The van der Waals surface area contributed by atoms with Crippen molar-refractivity contribution >= 4 is 11.6 Å². The first kappa shape index (κ1) is 38.8. The van der Waals surface area contributed by atoms with Crippen molar-refractivity contribution in [1.29, 1.82) is 0 Å². The van der Waals surface area contributed by atoms with Gasteiger partial charge in [-0.15, -0.1) is 0 Å². The molecule has 0 fully saturated rings. The van der Waals surface area contributed by atoms with Crippen LogP contribution >= 0.6 is 0 Å². The van der Waals surface area contributed by atoms with E-state index in [1.807, 2.05) is 12.1 Å². The molecule has 0 saturated carbocycles. The lowest BCUT2D eigenvalue weighted by atomic mass is 9.82. The van der Waals surface area contributed by atoms with Crippen molar-refractivity contribution in [2.45, 2.75) is 116 Å². The van der Waals surface area contributed by atoms with Crippen LogP contribution in [0.15, 0.2) is 24.3 Å². The summed E-state index contributed by atoms with van der Waals surface area (Å²) in [7, 11) is 9.03. The van der Waals surface area contributed by atoms with E-state index in [1.54, 1.807) is 19.2 Å². The van der Waals surface area contributed by atoms with Gasteiger partial charge >= 0.3 is 0 Å². The number of rotatable bonds is 22. The predicted octanol–water partition coefficient (Wildman–Crippen LogP) is 6.33. The van der Waals surface area contributed by atoms with Gasteiger partial charge in [0.1, 0.15) is 23.8 Å². The summed E-state index contributed by atoms with van der Waals surface area (Å²) in [4.78, 5) is 27.3. The van der Waals surface area contributed by atoms with E-state index < -0.39 is 0 Å². The second-order valence-corrected chi connectivity index (χ2v) is 13.3. The van der Waals surface area contributed by atoms with Crippen LogP contribution in [0.2, 0.25) is 0 Å². The third-order valence-electron chi connectivity index (χ3n) is 9.08. The molecule has 0 aliphatic heterocycles. The van der Waals surface area contributed by atoms with Crippen molar-refractivity contribution < 1.29 is 45.3 Å². The Balaban J connectivity index is 0.00000705. The highest BCUT2D eigenvalue weighted by atomic mass is 79.9. The molecule has 7 heteroatoms. The quantitative estimate of drug-likeness (QED) is 0.0913. The Kier molecular flexibility index (Phi) is 17.2. The third kappa shape index (κ3) is 11.4. The molecular weight excluding hydrogens is 630 g/mol. The van der Waals surface area contributed by atoms with Gasteiger partial charge in [-0.3, -0.25) is 9.59 Å². The maximum absolute atomic E-state index is 13.7. The average Bonchev–Trinajstić information content (AvgIpc) is 3.01. The van der Waals surface area contributed by atoms with E-state index in [4.69, 9.17) is 14.2 Å². The normalized spacial score (nSPS) is 12.4. The molecule has 0 unspecified atom stereocenters. The number of unbranched alkanes of at least 4 members (excludes halogenated alkanes) is 15. The summed E-state index contributed by atoms with van der Waals surface area (Å²) in [5, 5.41) is 0. The van der Waals surface area contributed by atoms with Gasteiger partial charge < -0.3 is 35.7 Å². The molecule has 0 bridgehead atoms. The Morgan fingerprint density at radius 1 is 0.556 bits per heavy atom. The number of halogens is 1. The molecule has 0 radical (unpaired) electrons. The van der Waals surface area contributed by atoms with E-state index in [-0.39, 0.29) is 34.1 Å². The molecule has 6 nitrogen and oxygen atoms in total. The molecule has 45 heavy (non-hydrogen) atoms. The van der Waals surface area contributed by atoms with Gasteiger partial charge in [0, 0.05) is 22.8 Å². The summed E-state index contributed by atoms with van der Waals surface area (Å²) in [6.07, 6.45) is 21.9. The molecule has 0 atom stereocenters. The lowest BCUT2D eigenvalue weighted by molar-refractivity contribution is -0.903. The first-order valence-electron chi connectivity index (χ1n) is 17.1. The Bertz CT molecular complexity index is 1230. The fourth-order valence-electron chi connectivity index (χ4n) is 6.55. The number of hydrogen-bond donors (Lipinski definition) is 0. The molecule has 2 aromatic carbocycles. The second kappa shape index (κ2) is 20.0. The van der Waals surface area contributed by atoms with Gasteiger partial charge in [0.25, 0.3) is 0 Å². The summed E-state index contributed by atoms with van der Waals surface area (Å²) >= 11 is 0. The number of hydrogen-bond acceptors (Lipinski definition) is 5. The Labute approximate surface area is 283 Å². The van der Waals surface area contributed by atoms with Crippen molar-refractivity contribution in [3.8, 4) is 17.2 Å². The molecule has 0 spiro atoms. The van der Waals surface area contributed by atoms with Gasteiger partial charge in [-0.1, -0.05) is 96.8 Å². The number of carbonyl (C=O) groups is 2. The average molecular weight is 689 g/mol. The Morgan fingerprint density at radius 3 is 1.47 bits per heavy atom. The van der Waals surface area contributed by atoms with Crippen molar-refractivity contribution in [3.05, 3.63) is 52.1 Å². The minimum atomic E-state index is -0.264. The van der Waals surface area contributed by atoms with Gasteiger partial charge in [0.2, 0.25) is 5.78 Å². The number of ketones is 2. The van der Waals surface area contributed by atoms with Crippen LogP contribution in [0.3, 0.4) is 0 Å². The van der Waals surface area contributed by atoms with E-state index in [0.717, 1.165) is 23.1 Å². The number of methoxy groups -OCH3 is 3. The molecule has 0 N–H and O–H groups in total. The molecule has 0 saturated heterocycles. The number of nitrogens with zero attached hydrogens (tertiary/aromatic N) is 1. The third-order valence-corrected chi connectivity index (χ3v) is 9.08. The first-order valence-corrected chi connectivity index (χ1v) is 17.1. The highest BCUT2D eigenvalue weighted by molar-refractivity contribution is 6.30. The Hall–Kier alpha value is -2.38. The molecule has 252 valence electrons. The first-order chi connectivity index (χ1) is 21.3. The van der Waals surface area contributed by atoms with Crippen LogP contribution in [0.4, 0.5) is 0 Å². The molecule has 0 amide bonds. The SMILES string of the molecule is CCCCCCCCCCCCCCCCCC[N+](C)(C)Cc1cc(OC)c2c(c1)C(=O)c1cc(OC)cc(OC)c1C2=O.[Br-]. The van der Waals surface area contributed by atoms with Crippen molar-refractivity contribution in [2.24, 2.45) is 0 Å². The van der Waals surface area contributed by atoms with Crippen LogP contribution in [-0.2, 0) is 6.54 Å². The number of ether oxygens (including phenoxy) is 3. The van der Waals surface area contributed by atoms with E-state index >= 15 is 0 Å². The van der Waals surface area contributed by atoms with E-state index in [2.05, 4.69) is 21.0 Å². The zero-order valence-electron chi connectivity index (χ0n) is 28.9. The maximum Gasteiger partial charge on any atom is 0.201 e. The Morgan fingerprint density at radius 2 is 1.00 bits per heavy atom. The van der Waals surface area contributed by atoms with Crippen LogP contribution in [0.5, 0.6) is 17.2 Å². The topological polar surface area (TPSA) is 61.8 Å². The number of quaternary nitrogens is 1. The van der Waals surface area contributed by atoms with Crippen molar-refractivity contribution in [2.75, 3.05) is 42.0 Å². The minimum absolute atomic E-state index is 0. The number of fused-ring (bicyclic) bond motifs is 2. The lowest BCUT2D eigenvalue weighted by Crippen LogP contribution is -3.00. The molecule has 1 aliphatic rings. The lowest BCUT2D eigenvalue weighted by Gasteiger charge is -2.31. The fraction of sp³-hybridized carbons (Fsp3) is 0.632. The summed E-state index contributed by atoms with van der Waals surface area (Å²) in [5.41, 5.74) is 2.24. The summed E-state index contributed by atoms with van der Waals surface area (Å²) in [6.45, 7) is 4.09. The highest BCUT2D eigenvalue weighted by Crippen LogP contribution is 2.40. The molecular formula is C38H58BrNO5. The van der Waals surface area contributed by atoms with Crippen LogP contribution in [-0.4, -0.2) is 58.0 Å². The summed E-state index contributed by atoms with van der Waals surface area (Å²) in [5.74, 6) is 0.757. The fourth-order valence-corrected chi connectivity index (χ4v) is 6.55. The molecule has 0 heterocycles. The van der Waals surface area contributed by atoms with Crippen LogP contribution in [0, 0.1) is 0 Å². The van der Waals surface area contributed by atoms with Crippen molar-refractivity contribution in [1.82, 2.24) is 0 Å². The number of carbonyl (C=O) groups excluding carboxylic acids is 2. The second-order valence-electron chi connectivity index (χ2n) is 13.3. The highest BCUT2D eigenvalue weighted by Gasteiger charge is 2.36. The largest absolute Gasteiger partial charge is 1.00 e. The van der Waals surface area contributed by atoms with E-state index in [9.17, 15) is 9.59 Å². The van der Waals surface area contributed by atoms with Crippen molar-refractivity contribution in [3.63, 3.8) is 0 Å². The smallest absolute Gasteiger partial charge is 0.201 e. The van der Waals surface area contributed by atoms with Gasteiger partial charge in [-0.25, -0.2) is 0 Å².